The van der Waals surface area contributed by atoms with Gasteiger partial charge in [0, 0.05) is 32.2 Å². The van der Waals surface area contributed by atoms with Gasteiger partial charge < -0.3 is 20.1 Å². The third-order valence-electron chi connectivity index (χ3n) is 2.64. The van der Waals surface area contributed by atoms with Gasteiger partial charge in [0.2, 0.25) is 5.91 Å². The van der Waals surface area contributed by atoms with E-state index >= 15 is 0 Å². The molecule has 0 aromatic rings. The Morgan fingerprint density at radius 1 is 1.53 bits per heavy atom. The van der Waals surface area contributed by atoms with E-state index in [0.717, 1.165) is 32.6 Å². The maximum absolute atomic E-state index is 11.5. The van der Waals surface area contributed by atoms with Crippen molar-refractivity contribution in [3.8, 4) is 0 Å². The molecule has 5 heteroatoms. The number of ether oxygens (including phenoxy) is 2. The van der Waals surface area contributed by atoms with E-state index in [-0.39, 0.29) is 11.9 Å². The van der Waals surface area contributed by atoms with Crippen LogP contribution in [-0.2, 0) is 14.3 Å². The summed E-state index contributed by atoms with van der Waals surface area (Å²) in [5.74, 6) is 0.0621. The molecular weight excluding hydrogens is 220 g/mol. The lowest BCUT2D eigenvalue weighted by molar-refractivity contribution is -0.122. The minimum absolute atomic E-state index is 0.0621. The maximum Gasteiger partial charge on any atom is 0.221 e. The molecule has 1 atom stereocenters. The Balaban J connectivity index is 1.93. The lowest BCUT2D eigenvalue weighted by atomic mass is 10.2. The van der Waals surface area contributed by atoms with E-state index in [4.69, 9.17) is 9.47 Å². The van der Waals surface area contributed by atoms with Crippen LogP contribution in [0.2, 0.25) is 0 Å². The van der Waals surface area contributed by atoms with Gasteiger partial charge in [-0.05, 0) is 6.42 Å². The van der Waals surface area contributed by atoms with Gasteiger partial charge in [-0.15, -0.1) is 0 Å². The number of hydrogen-bond donors (Lipinski definition) is 2. The second-order valence-electron chi connectivity index (χ2n) is 4.25. The van der Waals surface area contributed by atoms with Crippen molar-refractivity contribution in [1.29, 1.82) is 0 Å². The fourth-order valence-corrected chi connectivity index (χ4v) is 1.66. The molecule has 1 rings (SSSR count). The highest BCUT2D eigenvalue weighted by molar-refractivity contribution is 5.76. The second kappa shape index (κ2) is 9.39. The molecular formula is C12H24N2O3. The van der Waals surface area contributed by atoms with Gasteiger partial charge in [-0.25, -0.2) is 0 Å². The van der Waals surface area contributed by atoms with Gasteiger partial charge in [0.05, 0.1) is 19.8 Å². The van der Waals surface area contributed by atoms with Crippen LogP contribution in [0.25, 0.3) is 0 Å². The number of amides is 1. The van der Waals surface area contributed by atoms with Crippen molar-refractivity contribution in [3.63, 3.8) is 0 Å². The van der Waals surface area contributed by atoms with Gasteiger partial charge in [0.1, 0.15) is 0 Å². The van der Waals surface area contributed by atoms with Crippen LogP contribution in [0.4, 0.5) is 0 Å². The minimum Gasteiger partial charge on any atom is -0.380 e. The molecule has 2 N–H and O–H groups in total. The molecule has 0 spiro atoms. The standard InChI is InChI=1S/C12H24N2O3/c1-2-3-6-16-7-5-14-12(15)9-11-10-17-8-4-13-11/h11,13H,2-10H2,1H3,(H,14,15). The SMILES string of the molecule is CCCCOCCNC(=O)CC1COCCN1. The lowest BCUT2D eigenvalue weighted by Gasteiger charge is -2.23. The highest BCUT2D eigenvalue weighted by atomic mass is 16.5. The van der Waals surface area contributed by atoms with E-state index < -0.39 is 0 Å². The summed E-state index contributed by atoms with van der Waals surface area (Å²) in [4.78, 5) is 11.5. The van der Waals surface area contributed by atoms with Crippen LogP contribution < -0.4 is 10.6 Å². The largest absolute Gasteiger partial charge is 0.380 e. The zero-order valence-corrected chi connectivity index (χ0v) is 10.7. The Hall–Kier alpha value is -0.650. The van der Waals surface area contributed by atoms with E-state index in [9.17, 15) is 4.79 Å². The van der Waals surface area contributed by atoms with Crippen LogP contribution in [0.1, 0.15) is 26.2 Å². The van der Waals surface area contributed by atoms with Crippen molar-refractivity contribution in [2.45, 2.75) is 32.2 Å². The summed E-state index contributed by atoms with van der Waals surface area (Å²) < 4.78 is 10.6. The van der Waals surface area contributed by atoms with Crippen LogP contribution in [0, 0.1) is 0 Å². The molecule has 1 aliphatic heterocycles. The summed E-state index contributed by atoms with van der Waals surface area (Å²) in [6.07, 6.45) is 2.70. The van der Waals surface area contributed by atoms with Gasteiger partial charge in [-0.2, -0.15) is 0 Å². The molecule has 1 aliphatic rings. The number of morpholine rings is 1. The minimum atomic E-state index is 0.0621. The number of rotatable bonds is 8. The van der Waals surface area contributed by atoms with Crippen molar-refractivity contribution < 1.29 is 14.3 Å². The van der Waals surface area contributed by atoms with E-state index in [1.807, 2.05) is 0 Å². The predicted molar refractivity (Wildman–Crippen MR) is 66.0 cm³/mol. The van der Waals surface area contributed by atoms with Gasteiger partial charge in [0.15, 0.2) is 0 Å². The molecule has 1 unspecified atom stereocenters. The number of hydrogen-bond acceptors (Lipinski definition) is 4. The molecule has 1 saturated heterocycles. The van der Waals surface area contributed by atoms with Gasteiger partial charge in [0.25, 0.3) is 0 Å². The fourth-order valence-electron chi connectivity index (χ4n) is 1.66. The molecule has 1 heterocycles. The third-order valence-corrected chi connectivity index (χ3v) is 2.64. The smallest absolute Gasteiger partial charge is 0.221 e. The van der Waals surface area contributed by atoms with Crippen LogP contribution in [0.15, 0.2) is 0 Å². The van der Waals surface area contributed by atoms with Crippen molar-refractivity contribution in [1.82, 2.24) is 10.6 Å². The Morgan fingerprint density at radius 3 is 3.12 bits per heavy atom. The van der Waals surface area contributed by atoms with Crippen LogP contribution in [-0.4, -0.2) is 51.5 Å². The number of carbonyl (C=O) groups is 1. The molecule has 1 fully saturated rings. The molecule has 0 saturated carbocycles. The van der Waals surface area contributed by atoms with Gasteiger partial charge >= 0.3 is 0 Å². The summed E-state index contributed by atoms with van der Waals surface area (Å²) in [5.41, 5.74) is 0. The Bertz CT molecular complexity index is 206. The van der Waals surface area contributed by atoms with Crippen LogP contribution in [0.5, 0.6) is 0 Å². The first-order chi connectivity index (χ1) is 8.33. The van der Waals surface area contributed by atoms with E-state index in [1.165, 1.54) is 0 Å². The predicted octanol–water partition coefficient (Wildman–Crippen LogP) is 0.298. The molecule has 17 heavy (non-hydrogen) atoms. The van der Waals surface area contributed by atoms with Crippen molar-refractivity contribution in [2.24, 2.45) is 0 Å². The summed E-state index contributed by atoms with van der Waals surface area (Å²) in [6, 6.07) is 0.157. The van der Waals surface area contributed by atoms with Gasteiger partial charge in [-0.3, -0.25) is 4.79 Å². The Labute approximate surface area is 103 Å². The van der Waals surface area contributed by atoms with Crippen molar-refractivity contribution in [2.75, 3.05) is 39.5 Å². The molecule has 0 radical (unpaired) electrons. The summed E-state index contributed by atoms with van der Waals surface area (Å²) in [7, 11) is 0. The van der Waals surface area contributed by atoms with E-state index in [0.29, 0.717) is 26.2 Å². The van der Waals surface area contributed by atoms with Crippen LogP contribution in [0.3, 0.4) is 0 Å². The lowest BCUT2D eigenvalue weighted by Crippen LogP contribution is -2.44. The first-order valence-corrected chi connectivity index (χ1v) is 6.48. The van der Waals surface area contributed by atoms with Gasteiger partial charge in [-0.1, -0.05) is 13.3 Å². The summed E-state index contributed by atoms with van der Waals surface area (Å²) in [5, 5.41) is 6.10. The van der Waals surface area contributed by atoms with E-state index in [1.54, 1.807) is 0 Å². The zero-order chi connectivity index (χ0) is 12.3. The summed E-state index contributed by atoms with van der Waals surface area (Å²) >= 11 is 0. The highest BCUT2D eigenvalue weighted by Crippen LogP contribution is 1.97. The molecule has 100 valence electrons. The molecule has 1 amide bonds. The normalized spacial score (nSPS) is 20.2. The molecule has 0 bridgehead atoms. The highest BCUT2D eigenvalue weighted by Gasteiger charge is 2.16. The molecule has 0 aromatic heterocycles. The van der Waals surface area contributed by atoms with Crippen molar-refractivity contribution in [3.05, 3.63) is 0 Å². The molecule has 5 nitrogen and oxygen atoms in total. The quantitative estimate of drug-likeness (QED) is 0.603. The Kier molecular flexibility index (Phi) is 7.96. The molecule has 0 aliphatic carbocycles. The second-order valence-corrected chi connectivity index (χ2v) is 4.25. The average Bonchev–Trinajstić information content (AvgIpc) is 2.35. The first kappa shape index (κ1) is 14.4. The average molecular weight is 244 g/mol. The number of unbranched alkanes of at least 4 members (excludes halogenated alkanes) is 1. The van der Waals surface area contributed by atoms with Crippen molar-refractivity contribution >= 4 is 5.91 Å². The third kappa shape index (κ3) is 7.31. The number of nitrogens with one attached hydrogen (secondary N) is 2. The van der Waals surface area contributed by atoms with E-state index in [2.05, 4.69) is 17.6 Å². The monoisotopic (exact) mass is 244 g/mol. The Morgan fingerprint density at radius 2 is 2.41 bits per heavy atom. The molecule has 0 aromatic carbocycles. The fraction of sp³-hybridized carbons (Fsp3) is 0.917. The number of carbonyl (C=O) groups excluding carboxylic acids is 1. The zero-order valence-electron chi connectivity index (χ0n) is 10.7. The van der Waals surface area contributed by atoms with Crippen LogP contribution >= 0.6 is 0 Å². The summed E-state index contributed by atoms with van der Waals surface area (Å²) in [6.45, 7) is 6.30. The maximum atomic E-state index is 11.5. The first-order valence-electron chi connectivity index (χ1n) is 6.48. The topological polar surface area (TPSA) is 59.6 Å².